The summed E-state index contributed by atoms with van der Waals surface area (Å²) in [7, 11) is 0. The molecule has 0 spiro atoms. The summed E-state index contributed by atoms with van der Waals surface area (Å²) in [5.74, 6) is -21.7. The Hall–Kier alpha value is -10.2. The molecule has 0 aromatic heterocycles. The van der Waals surface area contributed by atoms with Crippen molar-refractivity contribution in [1.29, 1.82) is 0 Å². The summed E-state index contributed by atoms with van der Waals surface area (Å²) in [4.78, 5) is 212. The number of nitrogens with one attached hydrogen (secondary N) is 12. The van der Waals surface area contributed by atoms with E-state index < -0.39 is 231 Å². The second-order valence-electron chi connectivity index (χ2n) is 23.2. The van der Waals surface area contributed by atoms with Gasteiger partial charge in [-0.15, -0.1) is 0 Å². The van der Waals surface area contributed by atoms with E-state index in [0.29, 0.717) is 12.0 Å². The van der Waals surface area contributed by atoms with E-state index in [1.54, 1.807) is 30.3 Å². The number of primary amides is 1. The van der Waals surface area contributed by atoms with E-state index in [1.807, 2.05) is 16.0 Å². The molecule has 13 amide bonds. The van der Waals surface area contributed by atoms with Crippen molar-refractivity contribution in [2.45, 2.75) is 171 Å². The monoisotopic (exact) mass is 1410 g/mol. The van der Waals surface area contributed by atoms with Crippen molar-refractivity contribution in [3.05, 3.63) is 35.9 Å². The van der Waals surface area contributed by atoms with Crippen LogP contribution in [0.4, 0.5) is 0 Å². The van der Waals surface area contributed by atoms with E-state index in [-0.39, 0.29) is 51.2 Å². The Labute approximate surface area is 567 Å². The maximum Gasteiger partial charge on any atom is 0.326 e. The highest BCUT2D eigenvalue weighted by Crippen LogP contribution is 2.12. The number of carboxylic acid groups (broad SMARTS) is 3. The van der Waals surface area contributed by atoms with Crippen molar-refractivity contribution in [3.8, 4) is 0 Å². The molecule has 99 heavy (non-hydrogen) atoms. The number of nitrogens with zero attached hydrogens (tertiary/aromatic N) is 1. The lowest BCUT2D eigenvalue weighted by Crippen LogP contribution is -2.63. The second kappa shape index (κ2) is 44.6. The highest BCUT2D eigenvalue weighted by Gasteiger charge is 2.38. The molecule has 0 bridgehead atoms. The fourth-order valence-electron chi connectivity index (χ4n) is 8.89. The van der Waals surface area contributed by atoms with Gasteiger partial charge >= 0.3 is 17.9 Å². The number of aliphatic imine (C=N–C) groups is 1. The van der Waals surface area contributed by atoms with Gasteiger partial charge < -0.3 is 128 Å². The van der Waals surface area contributed by atoms with Gasteiger partial charge in [-0.2, -0.15) is 0 Å². The average Bonchev–Trinajstić information content (AvgIpc) is 0.861. The standard InChI is InChI=1S/C58H94N18O23/c1-26(2)43(74-53(94)38(25-79)71-46(87)30(60)19-41(83)84)54(95)67-31(14-9-10-16-59)47(88)65-22-40(82)66-32(15-11-17-64-58(62)63)48(89)68-33(18-29-12-7-6-8-13-29)50(91)76-45(28(5)80)56(97)75-44(27(3)4)55(96)73-37(24-78)52(93)72-36(23-77)51(92)69-34(21-42(85)86)49(90)70-35(57(98)99)20-39(61)81/h6-8,12-13,26-28,30-38,43-45,77-80H,9-11,14-25,59-60H2,1-5H3,(H2,61,81)(H,65,88)(H,66,82)(H,67,95)(H,68,89)(H,69,92)(H,70,90)(H,71,87)(H,72,93)(H,73,96)(H,74,94)(H,75,97)(H,76,91)(H,83,84)(H,85,86)(H,98,99)(H4,62,63,64)/t28-,30+,31+,32+,33+,34+,35+,36+,37+,38+,43+,44+,45+/m1/s1. The predicted molar refractivity (Wildman–Crippen MR) is 344 cm³/mol. The van der Waals surface area contributed by atoms with Gasteiger partial charge in [-0.1, -0.05) is 58.0 Å². The van der Waals surface area contributed by atoms with Crippen molar-refractivity contribution in [2.24, 2.45) is 45.5 Å². The third-order valence-electron chi connectivity index (χ3n) is 14.3. The number of carbonyl (C=O) groups excluding carboxylic acids is 13. The molecular weight excluding hydrogens is 1320 g/mol. The van der Waals surface area contributed by atoms with Crippen LogP contribution in [0.25, 0.3) is 0 Å². The highest BCUT2D eigenvalue weighted by atomic mass is 16.4. The first-order valence-electron chi connectivity index (χ1n) is 31.0. The van der Waals surface area contributed by atoms with Crippen LogP contribution in [0.2, 0.25) is 0 Å². The molecule has 0 aliphatic carbocycles. The Morgan fingerprint density at radius 1 is 0.444 bits per heavy atom. The first-order chi connectivity index (χ1) is 46.4. The Bertz CT molecular complexity index is 2990. The van der Waals surface area contributed by atoms with Crippen molar-refractivity contribution in [2.75, 3.05) is 39.5 Å². The van der Waals surface area contributed by atoms with Gasteiger partial charge in [0.2, 0.25) is 76.8 Å². The van der Waals surface area contributed by atoms with Gasteiger partial charge in [0.05, 0.1) is 57.8 Å². The number of benzene rings is 1. The number of hydrogen-bond acceptors (Lipinski definition) is 23. The molecule has 0 saturated carbocycles. The molecule has 41 nitrogen and oxygen atoms in total. The summed E-state index contributed by atoms with van der Waals surface area (Å²) in [5.41, 5.74) is 27.7. The quantitative estimate of drug-likeness (QED) is 0.0164. The molecule has 0 fully saturated rings. The minimum Gasteiger partial charge on any atom is -0.481 e. The van der Waals surface area contributed by atoms with Gasteiger partial charge in [0.1, 0.15) is 66.5 Å². The zero-order chi connectivity index (χ0) is 75.4. The maximum absolute atomic E-state index is 14.4. The number of guanidine groups is 1. The summed E-state index contributed by atoms with van der Waals surface area (Å²) in [6.07, 6.45) is -4.62. The number of hydrogen-bond donors (Lipinski definition) is 24. The number of aliphatic hydroxyl groups is 4. The maximum atomic E-state index is 14.4. The van der Waals surface area contributed by atoms with Crippen LogP contribution in [0.5, 0.6) is 0 Å². The number of carboxylic acids is 3. The lowest BCUT2D eigenvalue weighted by atomic mass is 10.0. The fourth-order valence-corrected chi connectivity index (χ4v) is 8.89. The third-order valence-corrected chi connectivity index (χ3v) is 14.3. The summed E-state index contributed by atoms with van der Waals surface area (Å²) >= 11 is 0. The van der Waals surface area contributed by atoms with Gasteiger partial charge in [-0.3, -0.25) is 76.9 Å². The highest BCUT2D eigenvalue weighted by molar-refractivity contribution is 6.00. The minimum atomic E-state index is -2.07. The lowest BCUT2D eigenvalue weighted by molar-refractivity contribution is -0.145. The van der Waals surface area contributed by atoms with E-state index in [9.17, 15) is 107 Å². The SMILES string of the molecule is CC(C)[C@H](NC(=O)[C@H](CO)NC(=O)[C@@H](N)CC(=O)O)C(=O)N[C@@H](CCCCN)C(=O)NCC(=O)N[C@@H](CCCN=C(N)N)C(=O)N[C@@H](Cc1ccccc1)C(=O)N[C@H](C(=O)N[C@H](C(=O)N[C@@H](CO)C(=O)N[C@@H](CO)C(=O)N[C@@H](CC(=O)O)C(=O)N[C@@H](CC(N)=O)C(=O)O)C(C)C)[C@@H](C)O. The van der Waals surface area contributed by atoms with Crippen molar-refractivity contribution >= 4 is 101 Å². The molecule has 1 aromatic carbocycles. The number of aliphatic carboxylic acids is 3. The third kappa shape index (κ3) is 32.6. The van der Waals surface area contributed by atoms with Gasteiger partial charge in [0.25, 0.3) is 0 Å². The van der Waals surface area contributed by atoms with Crippen molar-refractivity contribution < 1.29 is 112 Å². The van der Waals surface area contributed by atoms with Crippen LogP contribution in [0.3, 0.4) is 0 Å². The first-order valence-corrected chi connectivity index (χ1v) is 31.0. The number of nitrogens with two attached hydrogens (primary N) is 5. The first kappa shape index (κ1) is 86.8. The van der Waals surface area contributed by atoms with E-state index in [4.69, 9.17) is 33.8 Å². The number of aliphatic hydroxyl groups excluding tert-OH is 4. The predicted octanol–water partition coefficient (Wildman–Crippen LogP) is -11.2. The van der Waals surface area contributed by atoms with Crippen LogP contribution in [0.1, 0.15) is 91.5 Å². The molecule has 0 saturated heterocycles. The molecule has 0 heterocycles. The number of unbranched alkanes of at least 4 members (excludes halogenated alkanes) is 1. The van der Waals surface area contributed by atoms with Crippen LogP contribution in [-0.2, 0) is 83.1 Å². The summed E-state index contributed by atoms with van der Waals surface area (Å²) in [5, 5.41) is 95.8. The smallest absolute Gasteiger partial charge is 0.326 e. The fraction of sp³-hybridized carbons (Fsp3) is 0.603. The topological polar surface area (TPSA) is 702 Å². The zero-order valence-corrected chi connectivity index (χ0v) is 55.2. The molecule has 13 atom stereocenters. The number of amides is 13. The van der Waals surface area contributed by atoms with Crippen LogP contribution >= 0.6 is 0 Å². The Morgan fingerprint density at radius 3 is 1.32 bits per heavy atom. The van der Waals surface area contributed by atoms with Crippen molar-refractivity contribution in [1.82, 2.24) is 63.8 Å². The van der Waals surface area contributed by atoms with Crippen LogP contribution in [-0.4, -0.2) is 254 Å². The molecule has 1 rings (SSSR count). The van der Waals surface area contributed by atoms with Gasteiger partial charge in [-0.25, -0.2) is 4.79 Å². The molecule has 0 unspecified atom stereocenters. The van der Waals surface area contributed by atoms with E-state index in [0.717, 1.165) is 6.92 Å². The van der Waals surface area contributed by atoms with Crippen molar-refractivity contribution in [3.63, 3.8) is 0 Å². The zero-order valence-electron chi connectivity index (χ0n) is 55.2. The van der Waals surface area contributed by atoms with Crippen LogP contribution < -0.4 is 92.5 Å². The molecule has 554 valence electrons. The number of carbonyl (C=O) groups is 16. The van der Waals surface area contributed by atoms with Crippen LogP contribution in [0, 0.1) is 11.8 Å². The van der Waals surface area contributed by atoms with Crippen LogP contribution in [0.15, 0.2) is 35.3 Å². The largest absolute Gasteiger partial charge is 0.481 e. The lowest BCUT2D eigenvalue weighted by Gasteiger charge is -2.29. The minimum absolute atomic E-state index is 0.0171. The average molecular weight is 1410 g/mol. The Morgan fingerprint density at radius 2 is 0.848 bits per heavy atom. The Balaban J connectivity index is 3.48. The molecule has 1 aromatic rings. The van der Waals surface area contributed by atoms with E-state index >= 15 is 0 Å². The Kier molecular flexibility index (Phi) is 39.1. The summed E-state index contributed by atoms with van der Waals surface area (Å²) < 4.78 is 0. The number of rotatable bonds is 47. The van der Waals surface area contributed by atoms with Gasteiger partial charge in [0, 0.05) is 13.0 Å². The summed E-state index contributed by atoms with van der Waals surface area (Å²) in [6.45, 7) is 2.77. The molecular formula is C58H94N18O23. The molecule has 0 aliphatic rings. The van der Waals surface area contributed by atoms with Gasteiger partial charge in [0.15, 0.2) is 5.96 Å². The van der Waals surface area contributed by atoms with E-state index in [1.165, 1.54) is 27.7 Å². The normalized spacial score (nSPS) is 15.0. The molecule has 0 radical (unpaired) electrons. The molecule has 29 N–H and O–H groups in total. The summed E-state index contributed by atoms with van der Waals surface area (Å²) in [6, 6.07) is -12.9. The van der Waals surface area contributed by atoms with Gasteiger partial charge in [-0.05, 0) is 63.0 Å². The molecule has 41 heteroatoms. The molecule has 0 aliphatic heterocycles. The van der Waals surface area contributed by atoms with E-state index in [2.05, 4.69) is 52.8 Å². The second-order valence-corrected chi connectivity index (χ2v) is 23.2.